The zero-order chi connectivity index (χ0) is 13.3. The topological polar surface area (TPSA) is 46.6 Å². The molecule has 1 aliphatic heterocycles. The van der Waals surface area contributed by atoms with E-state index in [4.69, 9.17) is 4.74 Å². The number of halogens is 2. The molecule has 1 aliphatic rings. The van der Waals surface area contributed by atoms with Crippen LogP contribution in [0.3, 0.4) is 0 Å². The van der Waals surface area contributed by atoms with Gasteiger partial charge in [0.05, 0.1) is 13.2 Å². The summed E-state index contributed by atoms with van der Waals surface area (Å²) in [6.07, 6.45) is 0. The highest BCUT2D eigenvalue weighted by Gasteiger charge is 2.31. The predicted octanol–water partition coefficient (Wildman–Crippen LogP) is 1.95. The van der Waals surface area contributed by atoms with Gasteiger partial charge in [0.1, 0.15) is 12.4 Å². The number of esters is 1. The number of fused-ring (bicyclic) bond motifs is 1. The second-order valence-electron chi connectivity index (χ2n) is 3.88. The first-order valence-corrected chi connectivity index (χ1v) is 6.53. The van der Waals surface area contributed by atoms with Gasteiger partial charge < -0.3 is 9.64 Å². The Kier molecular flexibility index (Phi) is 3.84. The monoisotopic (exact) mass is 363 g/mol. The molecule has 1 aromatic carbocycles. The lowest BCUT2D eigenvalue weighted by Gasteiger charge is -2.13. The Balaban J connectivity index is 2.20. The average molecular weight is 363 g/mol. The van der Waals surface area contributed by atoms with Crippen molar-refractivity contribution in [2.24, 2.45) is 0 Å². The van der Waals surface area contributed by atoms with Crippen molar-refractivity contribution < 1.29 is 18.7 Å². The second kappa shape index (κ2) is 5.21. The van der Waals surface area contributed by atoms with Gasteiger partial charge in [-0.25, -0.2) is 4.39 Å². The molecule has 0 saturated heterocycles. The number of rotatable bonds is 3. The number of hydrogen-bond acceptors (Lipinski definition) is 3. The fourth-order valence-corrected chi connectivity index (χ4v) is 2.46. The van der Waals surface area contributed by atoms with Gasteiger partial charge in [-0.2, -0.15) is 0 Å². The van der Waals surface area contributed by atoms with Gasteiger partial charge in [0.15, 0.2) is 0 Å². The van der Waals surface area contributed by atoms with E-state index in [1.807, 2.05) is 22.6 Å². The minimum Gasteiger partial charge on any atom is -0.465 e. The molecule has 0 aliphatic carbocycles. The molecule has 0 unspecified atom stereocenters. The van der Waals surface area contributed by atoms with Crippen molar-refractivity contribution in [1.29, 1.82) is 0 Å². The van der Waals surface area contributed by atoms with E-state index in [0.717, 1.165) is 0 Å². The molecule has 0 spiro atoms. The molecule has 0 aromatic heterocycles. The van der Waals surface area contributed by atoms with Gasteiger partial charge in [0.25, 0.3) is 5.91 Å². The lowest BCUT2D eigenvalue weighted by molar-refractivity contribution is -0.143. The fourth-order valence-electron chi connectivity index (χ4n) is 1.88. The quantitative estimate of drug-likeness (QED) is 0.609. The molecule has 4 nitrogen and oxygen atoms in total. The third kappa shape index (κ3) is 2.47. The van der Waals surface area contributed by atoms with Gasteiger partial charge in [0.2, 0.25) is 0 Å². The lowest BCUT2D eigenvalue weighted by atomic mass is 10.1. The SMILES string of the molecule is CCOC(=O)CN1Cc2c(F)cc(I)cc2C1=O. The Labute approximate surface area is 117 Å². The maximum Gasteiger partial charge on any atom is 0.325 e. The highest BCUT2D eigenvalue weighted by molar-refractivity contribution is 14.1. The van der Waals surface area contributed by atoms with E-state index >= 15 is 0 Å². The highest BCUT2D eigenvalue weighted by atomic mass is 127. The normalized spacial score (nSPS) is 13.7. The van der Waals surface area contributed by atoms with Crippen LogP contribution in [0.25, 0.3) is 0 Å². The van der Waals surface area contributed by atoms with E-state index < -0.39 is 11.8 Å². The second-order valence-corrected chi connectivity index (χ2v) is 5.13. The first kappa shape index (κ1) is 13.3. The van der Waals surface area contributed by atoms with Crippen molar-refractivity contribution in [3.8, 4) is 0 Å². The summed E-state index contributed by atoms with van der Waals surface area (Å²) in [4.78, 5) is 24.6. The summed E-state index contributed by atoms with van der Waals surface area (Å²) in [7, 11) is 0. The molecule has 18 heavy (non-hydrogen) atoms. The number of hydrogen-bond donors (Lipinski definition) is 0. The lowest BCUT2D eigenvalue weighted by Crippen LogP contribution is -2.31. The smallest absolute Gasteiger partial charge is 0.325 e. The number of carbonyl (C=O) groups excluding carboxylic acids is 2. The molecule has 0 N–H and O–H groups in total. The van der Waals surface area contributed by atoms with Gasteiger partial charge in [-0.15, -0.1) is 0 Å². The van der Waals surface area contributed by atoms with Crippen LogP contribution in [0.5, 0.6) is 0 Å². The summed E-state index contributed by atoms with van der Waals surface area (Å²) in [5.74, 6) is -1.21. The first-order valence-electron chi connectivity index (χ1n) is 5.45. The molecule has 1 heterocycles. The molecule has 0 radical (unpaired) electrons. The van der Waals surface area contributed by atoms with Crippen LogP contribution in [0.1, 0.15) is 22.8 Å². The molecule has 0 bridgehead atoms. The molecule has 6 heteroatoms. The molecular formula is C12H11FINO3. The number of ether oxygens (including phenoxy) is 1. The summed E-state index contributed by atoms with van der Waals surface area (Å²) in [5, 5.41) is 0. The minimum absolute atomic E-state index is 0.121. The van der Waals surface area contributed by atoms with Gasteiger partial charge in [-0.1, -0.05) is 0 Å². The molecule has 96 valence electrons. The van der Waals surface area contributed by atoms with Crippen molar-refractivity contribution in [1.82, 2.24) is 4.90 Å². The summed E-state index contributed by atoms with van der Waals surface area (Å²) < 4.78 is 19.1. The zero-order valence-corrected chi connectivity index (χ0v) is 11.9. The average Bonchev–Trinajstić information content (AvgIpc) is 2.58. The Bertz CT molecular complexity index is 518. The van der Waals surface area contributed by atoms with E-state index in [1.165, 1.54) is 11.0 Å². The molecule has 2 rings (SSSR count). The van der Waals surface area contributed by atoms with Gasteiger partial charge in [0, 0.05) is 14.7 Å². The molecule has 0 saturated carbocycles. The third-order valence-corrected chi connectivity index (χ3v) is 3.27. The van der Waals surface area contributed by atoms with E-state index in [1.54, 1.807) is 13.0 Å². The van der Waals surface area contributed by atoms with Crippen molar-refractivity contribution in [3.63, 3.8) is 0 Å². The van der Waals surface area contributed by atoms with Crippen LogP contribution < -0.4 is 0 Å². The number of amides is 1. The van der Waals surface area contributed by atoms with Crippen LogP contribution in [-0.4, -0.2) is 29.9 Å². The number of nitrogens with zero attached hydrogens (tertiary/aromatic N) is 1. The molecular weight excluding hydrogens is 352 g/mol. The van der Waals surface area contributed by atoms with Crippen LogP contribution in [0.4, 0.5) is 4.39 Å². The Morgan fingerprint density at radius 2 is 2.28 bits per heavy atom. The molecule has 1 aromatic rings. The Morgan fingerprint density at radius 1 is 1.56 bits per heavy atom. The summed E-state index contributed by atoms with van der Waals surface area (Å²) in [6.45, 7) is 1.94. The number of benzene rings is 1. The summed E-state index contributed by atoms with van der Waals surface area (Å²) in [6, 6.07) is 3.01. The van der Waals surface area contributed by atoms with Crippen LogP contribution in [0.2, 0.25) is 0 Å². The van der Waals surface area contributed by atoms with Crippen LogP contribution in [0, 0.1) is 9.39 Å². The van der Waals surface area contributed by atoms with Crippen molar-refractivity contribution >= 4 is 34.5 Å². The molecule has 1 amide bonds. The first-order chi connectivity index (χ1) is 8.52. The van der Waals surface area contributed by atoms with Gasteiger partial charge in [-0.3, -0.25) is 9.59 Å². The van der Waals surface area contributed by atoms with E-state index in [0.29, 0.717) is 14.7 Å². The van der Waals surface area contributed by atoms with Crippen molar-refractivity contribution in [2.45, 2.75) is 13.5 Å². The van der Waals surface area contributed by atoms with E-state index in [-0.39, 0.29) is 25.6 Å². The summed E-state index contributed by atoms with van der Waals surface area (Å²) >= 11 is 1.95. The molecule has 0 atom stereocenters. The fraction of sp³-hybridized carbons (Fsp3) is 0.333. The van der Waals surface area contributed by atoms with Gasteiger partial charge in [-0.05, 0) is 41.6 Å². The highest BCUT2D eigenvalue weighted by Crippen LogP contribution is 2.27. The Hall–Kier alpha value is -1.18. The van der Waals surface area contributed by atoms with E-state index in [9.17, 15) is 14.0 Å². The van der Waals surface area contributed by atoms with Crippen LogP contribution in [-0.2, 0) is 16.1 Å². The number of carbonyl (C=O) groups is 2. The largest absolute Gasteiger partial charge is 0.465 e. The maximum atomic E-state index is 13.7. The molecule has 0 fully saturated rings. The minimum atomic E-state index is -0.478. The third-order valence-electron chi connectivity index (χ3n) is 2.65. The van der Waals surface area contributed by atoms with Crippen LogP contribution in [0.15, 0.2) is 12.1 Å². The van der Waals surface area contributed by atoms with Gasteiger partial charge >= 0.3 is 5.97 Å². The summed E-state index contributed by atoms with van der Waals surface area (Å²) in [5.41, 5.74) is 0.688. The van der Waals surface area contributed by atoms with Crippen molar-refractivity contribution in [2.75, 3.05) is 13.2 Å². The zero-order valence-electron chi connectivity index (χ0n) is 9.70. The maximum absolute atomic E-state index is 13.7. The van der Waals surface area contributed by atoms with Crippen molar-refractivity contribution in [3.05, 3.63) is 32.6 Å². The Morgan fingerprint density at radius 3 is 2.94 bits per heavy atom. The van der Waals surface area contributed by atoms with E-state index in [2.05, 4.69) is 0 Å². The predicted molar refractivity (Wildman–Crippen MR) is 70.5 cm³/mol. The standard InChI is InChI=1S/C12H11FINO3/c1-2-18-11(16)6-15-5-9-8(12(15)17)3-7(14)4-10(9)13/h3-4H,2,5-6H2,1H3. The van der Waals surface area contributed by atoms with Crippen LogP contribution >= 0.6 is 22.6 Å².